The van der Waals surface area contributed by atoms with Crippen molar-refractivity contribution in [2.75, 3.05) is 7.11 Å². The lowest BCUT2D eigenvalue weighted by atomic mass is 9.49. The van der Waals surface area contributed by atoms with E-state index in [1.165, 1.54) is 24.0 Å². The highest BCUT2D eigenvalue weighted by molar-refractivity contribution is 5.89. The van der Waals surface area contributed by atoms with Gasteiger partial charge in [-0.3, -0.25) is 4.79 Å². The highest BCUT2D eigenvalue weighted by atomic mass is 16.5. The molecule has 3 aliphatic carbocycles. The van der Waals surface area contributed by atoms with E-state index in [4.69, 9.17) is 4.74 Å². The third-order valence-electron chi connectivity index (χ3n) is 7.49. The zero-order chi connectivity index (χ0) is 16.9. The molecule has 3 saturated carbocycles. The summed E-state index contributed by atoms with van der Waals surface area (Å²) in [4.78, 5) is 13.6. The standard InChI is InChI=1S/C22H28O2/c1-15-18-14-17-10-7-13-21(15,2)22(17,20(18)24-3)19(23)12-11-16-8-5-4-6-9-16/h4-6,8-9,17-18,20H,1,7,10-14H2,2-3H3/t17?,18-,20+,21+,22+/m1/s1. The number of carbonyl (C=O) groups is 1. The van der Waals surface area contributed by atoms with E-state index in [2.05, 4.69) is 37.8 Å². The lowest BCUT2D eigenvalue weighted by Crippen LogP contribution is -2.55. The zero-order valence-electron chi connectivity index (χ0n) is 14.9. The molecular formula is C22H28O2. The number of Topliss-reactive ketones (excluding diaryl/α,β-unsaturated/α-hetero) is 1. The monoisotopic (exact) mass is 324 g/mol. The van der Waals surface area contributed by atoms with Crippen LogP contribution in [0.2, 0.25) is 0 Å². The summed E-state index contributed by atoms with van der Waals surface area (Å²) in [5.41, 5.74) is 2.15. The molecule has 24 heavy (non-hydrogen) atoms. The van der Waals surface area contributed by atoms with E-state index in [-0.39, 0.29) is 16.9 Å². The Morgan fingerprint density at radius 2 is 2.08 bits per heavy atom. The molecule has 0 spiro atoms. The maximum Gasteiger partial charge on any atom is 0.143 e. The number of fused-ring (bicyclic) bond motifs is 1. The summed E-state index contributed by atoms with van der Waals surface area (Å²) < 4.78 is 5.97. The van der Waals surface area contributed by atoms with Crippen molar-refractivity contribution in [2.45, 2.75) is 51.6 Å². The van der Waals surface area contributed by atoms with E-state index < -0.39 is 0 Å². The average Bonchev–Trinajstić information content (AvgIpc) is 3.04. The predicted octanol–water partition coefficient (Wildman–Crippen LogP) is 4.59. The van der Waals surface area contributed by atoms with Crippen molar-refractivity contribution < 1.29 is 9.53 Å². The first-order valence-corrected chi connectivity index (χ1v) is 9.35. The molecule has 5 atom stereocenters. The minimum absolute atomic E-state index is 0.0450. The number of ketones is 1. The summed E-state index contributed by atoms with van der Waals surface area (Å²) in [6, 6.07) is 10.4. The summed E-state index contributed by atoms with van der Waals surface area (Å²) in [5, 5.41) is 0. The molecule has 0 aromatic heterocycles. The first-order chi connectivity index (χ1) is 11.6. The fourth-order valence-corrected chi connectivity index (χ4v) is 6.50. The van der Waals surface area contributed by atoms with Crippen LogP contribution in [0.25, 0.3) is 0 Å². The first-order valence-electron chi connectivity index (χ1n) is 9.35. The van der Waals surface area contributed by atoms with E-state index in [0.29, 0.717) is 24.0 Å². The Balaban J connectivity index is 1.67. The summed E-state index contributed by atoms with van der Waals surface area (Å²) in [6.45, 7) is 6.74. The van der Waals surface area contributed by atoms with Gasteiger partial charge in [-0.15, -0.1) is 0 Å². The molecule has 2 heteroatoms. The fraction of sp³-hybridized carbons (Fsp3) is 0.591. The molecule has 1 aromatic carbocycles. The van der Waals surface area contributed by atoms with Gasteiger partial charge in [0.15, 0.2) is 0 Å². The van der Waals surface area contributed by atoms with Gasteiger partial charge >= 0.3 is 0 Å². The number of ether oxygens (including phenoxy) is 1. The Morgan fingerprint density at radius 1 is 1.33 bits per heavy atom. The van der Waals surface area contributed by atoms with Gasteiger partial charge in [-0.25, -0.2) is 0 Å². The molecule has 0 aliphatic heterocycles. The lowest BCUT2D eigenvalue weighted by Gasteiger charge is -2.53. The van der Waals surface area contributed by atoms with Crippen molar-refractivity contribution in [3.8, 4) is 0 Å². The Labute approximate surface area is 145 Å². The smallest absolute Gasteiger partial charge is 0.143 e. The Bertz CT molecular complexity index is 664. The van der Waals surface area contributed by atoms with Crippen LogP contribution in [0.3, 0.4) is 0 Å². The second-order valence-electron chi connectivity index (χ2n) is 8.22. The van der Waals surface area contributed by atoms with Crippen LogP contribution in [-0.2, 0) is 16.0 Å². The molecule has 3 aliphatic rings. The Hall–Kier alpha value is -1.41. The molecule has 0 saturated heterocycles. The van der Waals surface area contributed by atoms with Gasteiger partial charge in [0.1, 0.15) is 5.78 Å². The van der Waals surface area contributed by atoms with E-state index in [1.807, 2.05) is 6.07 Å². The van der Waals surface area contributed by atoms with Crippen LogP contribution < -0.4 is 0 Å². The highest BCUT2D eigenvalue weighted by Crippen LogP contribution is 2.74. The number of hydrogen-bond donors (Lipinski definition) is 0. The minimum Gasteiger partial charge on any atom is -0.380 e. The second-order valence-corrected chi connectivity index (χ2v) is 8.22. The summed E-state index contributed by atoms with van der Waals surface area (Å²) >= 11 is 0. The Morgan fingerprint density at radius 3 is 2.79 bits per heavy atom. The van der Waals surface area contributed by atoms with Crippen LogP contribution >= 0.6 is 0 Å². The SMILES string of the molecule is C=C1[C@H]2CC3CCC[C@]1(C)[C@@]3(C(=O)CCc1ccccc1)[C@H]2OC. The van der Waals surface area contributed by atoms with Crippen LogP contribution in [0.15, 0.2) is 42.5 Å². The maximum atomic E-state index is 13.6. The van der Waals surface area contributed by atoms with Crippen molar-refractivity contribution in [1.82, 2.24) is 0 Å². The lowest BCUT2D eigenvalue weighted by molar-refractivity contribution is -0.152. The zero-order valence-corrected chi connectivity index (χ0v) is 14.9. The van der Waals surface area contributed by atoms with Crippen LogP contribution in [0, 0.1) is 22.7 Å². The van der Waals surface area contributed by atoms with Gasteiger partial charge in [-0.2, -0.15) is 0 Å². The molecule has 1 aromatic rings. The average molecular weight is 324 g/mol. The van der Waals surface area contributed by atoms with Gasteiger partial charge in [0.05, 0.1) is 11.5 Å². The van der Waals surface area contributed by atoms with E-state index in [0.717, 1.165) is 19.3 Å². The third-order valence-corrected chi connectivity index (χ3v) is 7.49. The van der Waals surface area contributed by atoms with Crippen molar-refractivity contribution in [2.24, 2.45) is 22.7 Å². The molecule has 0 radical (unpaired) electrons. The van der Waals surface area contributed by atoms with Gasteiger partial charge in [0.25, 0.3) is 0 Å². The van der Waals surface area contributed by atoms with Crippen molar-refractivity contribution >= 4 is 5.78 Å². The molecule has 1 unspecified atom stereocenters. The van der Waals surface area contributed by atoms with E-state index in [9.17, 15) is 4.79 Å². The van der Waals surface area contributed by atoms with Crippen molar-refractivity contribution in [1.29, 1.82) is 0 Å². The number of carbonyl (C=O) groups excluding carboxylic acids is 1. The molecule has 0 N–H and O–H groups in total. The van der Waals surface area contributed by atoms with Gasteiger partial charge in [-0.05, 0) is 37.2 Å². The number of rotatable bonds is 5. The number of aryl methyl sites for hydroxylation is 1. The van der Waals surface area contributed by atoms with Gasteiger partial charge in [0.2, 0.25) is 0 Å². The van der Waals surface area contributed by atoms with Crippen LogP contribution in [0.4, 0.5) is 0 Å². The third kappa shape index (κ3) is 1.84. The number of benzene rings is 1. The molecule has 3 fully saturated rings. The molecule has 0 amide bonds. The Kier molecular flexibility index (Phi) is 3.72. The number of methoxy groups -OCH3 is 1. The van der Waals surface area contributed by atoms with Gasteiger partial charge in [0, 0.05) is 24.9 Å². The molecule has 4 rings (SSSR count). The van der Waals surface area contributed by atoms with Crippen LogP contribution in [0.1, 0.15) is 44.6 Å². The number of hydrogen-bond acceptors (Lipinski definition) is 2. The molecule has 128 valence electrons. The summed E-state index contributed by atoms with van der Waals surface area (Å²) in [6.07, 6.45) is 6.09. The maximum absolute atomic E-state index is 13.6. The van der Waals surface area contributed by atoms with Gasteiger partial charge < -0.3 is 4.74 Å². The quantitative estimate of drug-likeness (QED) is 0.741. The minimum atomic E-state index is -0.323. The van der Waals surface area contributed by atoms with Crippen LogP contribution in [-0.4, -0.2) is 19.0 Å². The second kappa shape index (κ2) is 5.56. The topological polar surface area (TPSA) is 26.3 Å². The first kappa shape index (κ1) is 16.1. The molecular weight excluding hydrogens is 296 g/mol. The molecule has 0 heterocycles. The van der Waals surface area contributed by atoms with E-state index >= 15 is 0 Å². The van der Waals surface area contributed by atoms with Gasteiger partial charge in [-0.1, -0.05) is 55.8 Å². The van der Waals surface area contributed by atoms with Crippen LogP contribution in [0.5, 0.6) is 0 Å². The fourth-order valence-electron chi connectivity index (χ4n) is 6.50. The normalized spacial score (nSPS) is 40.1. The van der Waals surface area contributed by atoms with Crippen molar-refractivity contribution in [3.63, 3.8) is 0 Å². The predicted molar refractivity (Wildman–Crippen MR) is 95.7 cm³/mol. The molecule has 2 bridgehead atoms. The molecule has 2 nitrogen and oxygen atoms in total. The highest BCUT2D eigenvalue weighted by Gasteiger charge is 2.75. The summed E-state index contributed by atoms with van der Waals surface area (Å²) in [7, 11) is 1.79. The summed E-state index contributed by atoms with van der Waals surface area (Å²) in [5.74, 6) is 1.29. The largest absolute Gasteiger partial charge is 0.380 e. The van der Waals surface area contributed by atoms with Crippen molar-refractivity contribution in [3.05, 3.63) is 48.0 Å². The van der Waals surface area contributed by atoms with E-state index in [1.54, 1.807) is 7.11 Å².